The number of pyridine rings is 1. The Morgan fingerprint density at radius 3 is 2.93 bits per heavy atom. The molecule has 1 aliphatic carbocycles. The van der Waals surface area contributed by atoms with Crippen LogP contribution < -0.4 is 11.1 Å². The van der Waals surface area contributed by atoms with Gasteiger partial charge in [-0.1, -0.05) is 11.3 Å². The van der Waals surface area contributed by atoms with E-state index in [4.69, 9.17) is 5.73 Å². The minimum absolute atomic E-state index is 0.0175. The topological polar surface area (TPSA) is 110 Å². The minimum atomic E-state index is -1.07. The zero-order chi connectivity index (χ0) is 19.6. The molecule has 142 valence electrons. The highest BCUT2D eigenvalue weighted by atomic mass is 32.1. The van der Waals surface area contributed by atoms with Crippen molar-refractivity contribution in [2.24, 2.45) is 5.92 Å². The molecule has 1 amide bonds. The number of H-pyrrole nitrogens is 1. The summed E-state index contributed by atoms with van der Waals surface area (Å²) in [6, 6.07) is 3.48. The van der Waals surface area contributed by atoms with E-state index in [1.54, 1.807) is 25.3 Å². The standard InChI is InChI=1S/C18H14F2N6OS/c1-6-12(8-5-22-26-15(8)14(21)13(6)20)10-2-3-11-17(23-10)28-18(24-11)25-16(27)7-4-9(7)19/h2-3,5,7,9H,4,21H2,1H3,(H,22,26)(H,24,25,27)/t7-,9+/m1/s1. The van der Waals surface area contributed by atoms with Crippen molar-refractivity contribution in [2.75, 3.05) is 11.1 Å². The maximum absolute atomic E-state index is 14.6. The van der Waals surface area contributed by atoms with Gasteiger partial charge in [0.05, 0.1) is 29.0 Å². The number of hydrogen-bond donors (Lipinski definition) is 3. The average molecular weight is 400 g/mol. The normalized spacial score (nSPS) is 18.7. The number of carbonyl (C=O) groups is 1. The molecule has 1 aliphatic rings. The number of rotatable bonds is 3. The molecular weight excluding hydrogens is 386 g/mol. The van der Waals surface area contributed by atoms with Crippen LogP contribution in [-0.4, -0.2) is 32.2 Å². The summed E-state index contributed by atoms with van der Waals surface area (Å²) in [6.07, 6.45) is 0.766. The number of nitrogen functional groups attached to an aromatic ring is 1. The molecule has 10 heteroatoms. The predicted molar refractivity (Wildman–Crippen MR) is 103 cm³/mol. The molecule has 4 aromatic rings. The second kappa shape index (κ2) is 5.93. The number of nitrogens with one attached hydrogen (secondary N) is 2. The summed E-state index contributed by atoms with van der Waals surface area (Å²) in [5.41, 5.74) is 8.39. The molecule has 1 saturated carbocycles. The van der Waals surface area contributed by atoms with Gasteiger partial charge in [0.2, 0.25) is 5.91 Å². The maximum atomic E-state index is 14.6. The van der Waals surface area contributed by atoms with E-state index in [0.717, 1.165) is 0 Å². The van der Waals surface area contributed by atoms with Gasteiger partial charge in [0.25, 0.3) is 0 Å². The van der Waals surface area contributed by atoms with E-state index in [9.17, 15) is 13.6 Å². The smallest absolute Gasteiger partial charge is 0.232 e. The summed E-state index contributed by atoms with van der Waals surface area (Å²) in [7, 11) is 0. The van der Waals surface area contributed by atoms with Crippen molar-refractivity contribution in [1.82, 2.24) is 20.2 Å². The van der Waals surface area contributed by atoms with Crippen LogP contribution in [0.5, 0.6) is 0 Å². The lowest BCUT2D eigenvalue weighted by atomic mass is 9.99. The lowest BCUT2D eigenvalue weighted by molar-refractivity contribution is -0.117. The number of aromatic amines is 1. The second-order valence-electron chi connectivity index (χ2n) is 6.77. The van der Waals surface area contributed by atoms with E-state index < -0.39 is 17.9 Å². The molecule has 3 heterocycles. The predicted octanol–water partition coefficient (Wildman–Crippen LogP) is 3.56. The van der Waals surface area contributed by atoms with Gasteiger partial charge in [-0.25, -0.2) is 18.7 Å². The molecule has 7 nitrogen and oxygen atoms in total. The lowest BCUT2D eigenvalue weighted by Gasteiger charge is -2.10. The van der Waals surface area contributed by atoms with E-state index in [1.807, 2.05) is 0 Å². The first-order valence-corrected chi connectivity index (χ1v) is 9.39. The Morgan fingerprint density at radius 1 is 1.39 bits per heavy atom. The molecule has 28 heavy (non-hydrogen) atoms. The van der Waals surface area contributed by atoms with Crippen molar-refractivity contribution >= 4 is 49.3 Å². The fraction of sp³-hybridized carbons (Fsp3) is 0.222. The lowest BCUT2D eigenvalue weighted by Crippen LogP contribution is -2.14. The van der Waals surface area contributed by atoms with Crippen LogP contribution in [0.15, 0.2) is 18.3 Å². The fourth-order valence-corrected chi connectivity index (χ4v) is 4.12. The minimum Gasteiger partial charge on any atom is -0.395 e. The molecular formula is C18H14F2N6OS. The highest BCUT2D eigenvalue weighted by Crippen LogP contribution is 2.38. The Balaban J connectivity index is 1.58. The summed E-state index contributed by atoms with van der Waals surface area (Å²) >= 11 is 1.18. The van der Waals surface area contributed by atoms with Gasteiger partial charge < -0.3 is 11.1 Å². The number of halogens is 2. The third-order valence-corrected chi connectivity index (χ3v) is 5.79. The van der Waals surface area contributed by atoms with Crippen molar-refractivity contribution in [1.29, 1.82) is 0 Å². The molecule has 1 aromatic carbocycles. The van der Waals surface area contributed by atoms with Gasteiger partial charge >= 0.3 is 0 Å². The Labute approximate surface area is 161 Å². The first-order chi connectivity index (χ1) is 13.4. The first-order valence-electron chi connectivity index (χ1n) is 8.57. The molecule has 2 atom stereocenters. The number of amides is 1. The molecule has 1 fully saturated rings. The van der Waals surface area contributed by atoms with Crippen LogP contribution in [0.2, 0.25) is 0 Å². The van der Waals surface area contributed by atoms with E-state index in [1.165, 1.54) is 11.3 Å². The maximum Gasteiger partial charge on any atom is 0.232 e. The van der Waals surface area contributed by atoms with Crippen LogP contribution in [-0.2, 0) is 4.79 Å². The van der Waals surface area contributed by atoms with Crippen molar-refractivity contribution in [3.8, 4) is 11.3 Å². The number of aromatic nitrogens is 4. The van der Waals surface area contributed by atoms with Crippen LogP contribution in [0.25, 0.3) is 32.5 Å². The van der Waals surface area contributed by atoms with Crippen LogP contribution >= 0.6 is 11.3 Å². The number of thiazole rings is 1. The molecule has 0 radical (unpaired) electrons. The monoisotopic (exact) mass is 400 g/mol. The van der Waals surface area contributed by atoms with Crippen molar-refractivity contribution in [2.45, 2.75) is 19.5 Å². The Hall–Kier alpha value is -3.14. The fourth-order valence-electron chi connectivity index (χ4n) is 3.28. The van der Waals surface area contributed by atoms with Gasteiger partial charge in [-0.05, 0) is 31.0 Å². The number of hydrogen-bond acceptors (Lipinski definition) is 6. The third-order valence-electron chi connectivity index (χ3n) is 4.91. The summed E-state index contributed by atoms with van der Waals surface area (Å²) in [5.74, 6) is -1.48. The molecule has 0 bridgehead atoms. The van der Waals surface area contributed by atoms with Gasteiger partial charge in [0, 0.05) is 10.9 Å². The summed E-state index contributed by atoms with van der Waals surface area (Å²) in [5, 5.41) is 10.4. The highest BCUT2D eigenvalue weighted by Gasteiger charge is 2.43. The second-order valence-corrected chi connectivity index (χ2v) is 7.75. The largest absolute Gasteiger partial charge is 0.395 e. The van der Waals surface area contributed by atoms with Crippen molar-refractivity contribution in [3.05, 3.63) is 29.7 Å². The number of carbonyl (C=O) groups excluding carboxylic acids is 1. The Kier molecular flexibility index (Phi) is 3.60. The molecule has 4 N–H and O–H groups in total. The van der Waals surface area contributed by atoms with E-state index in [0.29, 0.717) is 43.2 Å². The van der Waals surface area contributed by atoms with Gasteiger partial charge in [-0.2, -0.15) is 5.10 Å². The molecule has 3 aromatic heterocycles. The number of alkyl halides is 1. The molecule has 5 rings (SSSR count). The van der Waals surface area contributed by atoms with E-state index in [-0.39, 0.29) is 18.0 Å². The summed E-state index contributed by atoms with van der Waals surface area (Å²) in [6.45, 7) is 1.64. The zero-order valence-electron chi connectivity index (χ0n) is 14.6. The van der Waals surface area contributed by atoms with Crippen LogP contribution in [0.4, 0.5) is 19.6 Å². The summed E-state index contributed by atoms with van der Waals surface area (Å²) in [4.78, 5) is 21.4. The number of anilines is 2. The average Bonchev–Trinajstić information content (AvgIpc) is 3.06. The van der Waals surface area contributed by atoms with Gasteiger partial charge in [0.1, 0.15) is 16.5 Å². The van der Waals surface area contributed by atoms with Crippen molar-refractivity contribution < 1.29 is 13.6 Å². The molecule has 0 unspecified atom stereocenters. The highest BCUT2D eigenvalue weighted by molar-refractivity contribution is 7.22. The zero-order valence-corrected chi connectivity index (χ0v) is 15.4. The molecule has 0 aliphatic heterocycles. The Bertz CT molecular complexity index is 1270. The van der Waals surface area contributed by atoms with Crippen molar-refractivity contribution in [3.63, 3.8) is 0 Å². The Morgan fingerprint density at radius 2 is 2.18 bits per heavy atom. The van der Waals surface area contributed by atoms with Crippen LogP contribution in [0, 0.1) is 18.7 Å². The van der Waals surface area contributed by atoms with Crippen LogP contribution in [0.3, 0.4) is 0 Å². The van der Waals surface area contributed by atoms with E-state index >= 15 is 0 Å². The summed E-state index contributed by atoms with van der Waals surface area (Å²) < 4.78 is 27.6. The number of nitrogens with zero attached hydrogens (tertiary/aromatic N) is 3. The van der Waals surface area contributed by atoms with Gasteiger partial charge in [-0.3, -0.25) is 9.89 Å². The van der Waals surface area contributed by atoms with Gasteiger partial charge in [0.15, 0.2) is 10.9 Å². The van der Waals surface area contributed by atoms with E-state index in [2.05, 4.69) is 25.5 Å². The first kappa shape index (κ1) is 17.0. The SMILES string of the molecule is Cc1c(F)c(N)c2[nH]ncc2c1-c1ccc2nc(NC(=O)[C@@H]3C[C@@H]3F)sc2n1. The number of nitrogens with two attached hydrogens (primary N) is 1. The molecule has 0 spiro atoms. The molecule has 0 saturated heterocycles. The van der Waals surface area contributed by atoms with Gasteiger partial charge in [-0.15, -0.1) is 0 Å². The number of fused-ring (bicyclic) bond motifs is 2. The number of benzene rings is 1. The third kappa shape index (κ3) is 2.52. The van der Waals surface area contributed by atoms with Crippen LogP contribution in [0.1, 0.15) is 12.0 Å². The quantitative estimate of drug-likeness (QED) is 0.456.